The molecule has 1 aromatic heterocycles. The standard InChI is InChI=1S/C23H24FN3O5S/c1-13(2)15-6-8-17(9-7-15)33(30,31)27-20(23(28)29)12-14-3-10-18(19(24)11-14)21-25-22(32-26-21)16-4-5-16/h3,6-11,13,16,20,27H,4-5,12H2,1-2H3,(H,28,29)/t20-/m0/s1. The molecule has 174 valence electrons. The highest BCUT2D eigenvalue weighted by Crippen LogP contribution is 2.39. The minimum absolute atomic E-state index is 0.0387. The summed E-state index contributed by atoms with van der Waals surface area (Å²) in [5.41, 5.74) is 1.41. The molecule has 0 saturated heterocycles. The molecule has 33 heavy (non-hydrogen) atoms. The average Bonchev–Trinajstić information content (AvgIpc) is 3.50. The lowest BCUT2D eigenvalue weighted by Crippen LogP contribution is -2.42. The van der Waals surface area contributed by atoms with Gasteiger partial charge in [0.2, 0.25) is 21.7 Å². The van der Waals surface area contributed by atoms with Crippen molar-refractivity contribution >= 4 is 16.0 Å². The summed E-state index contributed by atoms with van der Waals surface area (Å²) in [5, 5.41) is 13.4. The highest BCUT2D eigenvalue weighted by atomic mass is 32.2. The van der Waals surface area contributed by atoms with E-state index in [1.807, 2.05) is 13.8 Å². The Bertz CT molecular complexity index is 1270. The predicted octanol–water partition coefficient (Wildman–Crippen LogP) is 3.85. The molecule has 0 unspecified atom stereocenters. The molecular formula is C23H24FN3O5S. The second-order valence-corrected chi connectivity index (χ2v) is 10.2. The van der Waals surface area contributed by atoms with Gasteiger partial charge in [0.25, 0.3) is 0 Å². The molecule has 0 spiro atoms. The molecule has 0 bridgehead atoms. The van der Waals surface area contributed by atoms with Gasteiger partial charge < -0.3 is 9.63 Å². The zero-order valence-electron chi connectivity index (χ0n) is 18.2. The number of hydrogen-bond donors (Lipinski definition) is 2. The quantitative estimate of drug-likeness (QED) is 0.484. The summed E-state index contributed by atoms with van der Waals surface area (Å²) in [4.78, 5) is 15.9. The minimum atomic E-state index is -4.08. The Morgan fingerprint density at radius 2 is 1.91 bits per heavy atom. The van der Waals surface area contributed by atoms with E-state index >= 15 is 0 Å². The van der Waals surface area contributed by atoms with Crippen molar-refractivity contribution in [2.24, 2.45) is 0 Å². The molecule has 10 heteroatoms. The lowest BCUT2D eigenvalue weighted by atomic mass is 10.0. The maximum Gasteiger partial charge on any atom is 0.322 e. The summed E-state index contributed by atoms with van der Waals surface area (Å²) in [6, 6.07) is 8.89. The number of carboxylic acid groups (broad SMARTS) is 1. The zero-order valence-corrected chi connectivity index (χ0v) is 19.0. The van der Waals surface area contributed by atoms with E-state index in [1.54, 1.807) is 12.1 Å². The predicted molar refractivity (Wildman–Crippen MR) is 118 cm³/mol. The number of carbonyl (C=O) groups is 1. The summed E-state index contributed by atoms with van der Waals surface area (Å²) in [6.45, 7) is 3.97. The minimum Gasteiger partial charge on any atom is -0.480 e. The number of nitrogens with one attached hydrogen (secondary N) is 1. The third kappa shape index (κ3) is 5.28. The normalized spacial score (nSPS) is 15.0. The number of halogens is 1. The first-order chi connectivity index (χ1) is 15.6. The van der Waals surface area contributed by atoms with Crippen molar-refractivity contribution < 1.29 is 27.2 Å². The molecule has 8 nitrogen and oxygen atoms in total. The van der Waals surface area contributed by atoms with Crippen molar-refractivity contribution in [3.63, 3.8) is 0 Å². The second kappa shape index (κ2) is 9.03. The van der Waals surface area contributed by atoms with E-state index in [2.05, 4.69) is 14.9 Å². The fourth-order valence-corrected chi connectivity index (χ4v) is 4.60. The maximum absolute atomic E-state index is 14.7. The van der Waals surface area contributed by atoms with Crippen LogP contribution in [0.4, 0.5) is 4.39 Å². The van der Waals surface area contributed by atoms with Crippen LogP contribution < -0.4 is 4.72 Å². The van der Waals surface area contributed by atoms with Crippen LogP contribution in [0.3, 0.4) is 0 Å². The molecule has 3 aromatic rings. The Morgan fingerprint density at radius 1 is 1.21 bits per heavy atom. The first-order valence-electron chi connectivity index (χ1n) is 10.6. The van der Waals surface area contributed by atoms with Crippen LogP contribution in [-0.4, -0.2) is 35.7 Å². The van der Waals surface area contributed by atoms with Crippen molar-refractivity contribution in [1.29, 1.82) is 0 Å². The van der Waals surface area contributed by atoms with Gasteiger partial charge in [0.15, 0.2) is 0 Å². The molecule has 0 amide bonds. The molecule has 1 fully saturated rings. The molecular weight excluding hydrogens is 449 g/mol. The van der Waals surface area contributed by atoms with Crippen molar-refractivity contribution in [1.82, 2.24) is 14.9 Å². The third-order valence-electron chi connectivity index (χ3n) is 5.54. The van der Waals surface area contributed by atoms with E-state index in [1.165, 1.54) is 24.3 Å². The van der Waals surface area contributed by atoms with Crippen LogP contribution in [0.1, 0.15) is 55.5 Å². The van der Waals surface area contributed by atoms with Gasteiger partial charge in [-0.15, -0.1) is 0 Å². The second-order valence-electron chi connectivity index (χ2n) is 8.48. The monoisotopic (exact) mass is 473 g/mol. The molecule has 1 saturated carbocycles. The van der Waals surface area contributed by atoms with Crippen molar-refractivity contribution in [3.8, 4) is 11.4 Å². The molecule has 2 N–H and O–H groups in total. The van der Waals surface area contributed by atoms with Crippen LogP contribution in [0.15, 0.2) is 51.9 Å². The smallest absolute Gasteiger partial charge is 0.322 e. The summed E-state index contributed by atoms with van der Waals surface area (Å²) in [5.74, 6) is -0.941. The number of carboxylic acids is 1. The Balaban J connectivity index is 1.50. The number of nitrogens with zero attached hydrogens (tertiary/aromatic N) is 2. The number of rotatable bonds is 9. The van der Waals surface area contributed by atoms with Gasteiger partial charge in [0, 0.05) is 5.92 Å². The van der Waals surface area contributed by atoms with Crippen LogP contribution in [0.25, 0.3) is 11.4 Å². The van der Waals surface area contributed by atoms with Gasteiger partial charge in [-0.1, -0.05) is 37.2 Å². The van der Waals surface area contributed by atoms with Crippen LogP contribution in [-0.2, 0) is 21.2 Å². The molecule has 4 rings (SSSR count). The zero-order chi connectivity index (χ0) is 23.8. The topological polar surface area (TPSA) is 122 Å². The van der Waals surface area contributed by atoms with Crippen molar-refractivity contribution in [2.75, 3.05) is 0 Å². The van der Waals surface area contributed by atoms with Gasteiger partial charge in [-0.3, -0.25) is 4.79 Å². The molecule has 0 aliphatic heterocycles. The van der Waals surface area contributed by atoms with Gasteiger partial charge in [0.05, 0.1) is 10.5 Å². The van der Waals surface area contributed by atoms with Crippen LogP contribution >= 0.6 is 0 Å². The molecule has 2 aromatic carbocycles. The molecule has 1 atom stereocenters. The highest BCUT2D eigenvalue weighted by molar-refractivity contribution is 7.89. The molecule has 1 heterocycles. The number of benzene rings is 2. The summed E-state index contributed by atoms with van der Waals surface area (Å²) in [7, 11) is -4.08. The first-order valence-corrected chi connectivity index (χ1v) is 12.1. The van der Waals surface area contributed by atoms with E-state index < -0.39 is 27.9 Å². The lowest BCUT2D eigenvalue weighted by Gasteiger charge is -2.16. The Morgan fingerprint density at radius 3 is 2.48 bits per heavy atom. The number of sulfonamides is 1. The van der Waals surface area contributed by atoms with Gasteiger partial charge in [-0.2, -0.15) is 9.71 Å². The fraction of sp³-hybridized carbons (Fsp3) is 0.348. The van der Waals surface area contributed by atoms with E-state index in [9.17, 15) is 22.7 Å². The Hall–Kier alpha value is -3.11. The summed E-state index contributed by atoms with van der Waals surface area (Å²) < 4.78 is 47.5. The number of aromatic nitrogens is 2. The molecule has 1 aliphatic rings. The van der Waals surface area contributed by atoms with Crippen molar-refractivity contribution in [2.45, 2.75) is 55.9 Å². The highest BCUT2D eigenvalue weighted by Gasteiger charge is 2.30. The lowest BCUT2D eigenvalue weighted by molar-refractivity contribution is -0.138. The molecule has 1 aliphatic carbocycles. The van der Waals surface area contributed by atoms with E-state index in [0.717, 1.165) is 24.5 Å². The largest absolute Gasteiger partial charge is 0.480 e. The van der Waals surface area contributed by atoms with E-state index in [4.69, 9.17) is 4.52 Å². The summed E-state index contributed by atoms with van der Waals surface area (Å²) in [6.07, 6.45) is 1.70. The van der Waals surface area contributed by atoms with Gasteiger partial charge in [0.1, 0.15) is 11.9 Å². The van der Waals surface area contributed by atoms with Crippen LogP contribution in [0, 0.1) is 5.82 Å². The van der Waals surface area contributed by atoms with E-state index in [0.29, 0.717) is 11.5 Å². The number of hydrogen-bond acceptors (Lipinski definition) is 6. The third-order valence-corrected chi connectivity index (χ3v) is 7.02. The SMILES string of the molecule is CC(C)c1ccc(S(=O)(=O)N[C@@H](Cc2ccc(-c3noc(C4CC4)n3)c(F)c2)C(=O)O)cc1. The Labute approximate surface area is 190 Å². The van der Waals surface area contributed by atoms with Crippen LogP contribution in [0.5, 0.6) is 0 Å². The van der Waals surface area contributed by atoms with Gasteiger partial charge >= 0.3 is 5.97 Å². The average molecular weight is 474 g/mol. The molecule has 0 radical (unpaired) electrons. The van der Waals surface area contributed by atoms with Crippen molar-refractivity contribution in [3.05, 3.63) is 65.3 Å². The van der Waals surface area contributed by atoms with Gasteiger partial charge in [-0.05, 0) is 60.6 Å². The summed E-state index contributed by atoms with van der Waals surface area (Å²) >= 11 is 0. The van der Waals surface area contributed by atoms with E-state index in [-0.39, 0.29) is 34.5 Å². The fourth-order valence-electron chi connectivity index (χ4n) is 3.41. The van der Waals surface area contributed by atoms with Gasteiger partial charge in [-0.25, -0.2) is 12.8 Å². The van der Waals surface area contributed by atoms with Crippen LogP contribution in [0.2, 0.25) is 0 Å². The Kier molecular flexibility index (Phi) is 6.31. The first kappa shape index (κ1) is 23.1. The number of aliphatic carboxylic acids is 1. The maximum atomic E-state index is 14.7.